The van der Waals surface area contributed by atoms with Gasteiger partial charge in [-0.25, -0.2) is 0 Å². The molecule has 0 spiro atoms. The Kier molecular flexibility index (Phi) is 5.99. The number of pyridine rings is 1. The van der Waals surface area contributed by atoms with E-state index < -0.39 is 0 Å². The number of carbonyl (C=O) groups is 2. The first-order valence-electron chi connectivity index (χ1n) is 6.62. The minimum Gasteiger partial charge on any atom is -0.352 e. The second-order valence-electron chi connectivity index (χ2n) is 4.50. The van der Waals surface area contributed by atoms with Crippen LogP contribution in [-0.2, 0) is 0 Å². The van der Waals surface area contributed by atoms with Crippen molar-refractivity contribution in [2.24, 2.45) is 0 Å². The Labute approximate surface area is 113 Å². The van der Waals surface area contributed by atoms with Crippen LogP contribution in [0.5, 0.6) is 0 Å². The molecule has 0 aliphatic carbocycles. The molecule has 0 aliphatic rings. The third-order valence-corrected chi connectivity index (χ3v) is 2.79. The number of hydrogen-bond acceptors (Lipinski definition) is 3. The van der Waals surface area contributed by atoms with Gasteiger partial charge in [0.15, 0.2) is 0 Å². The summed E-state index contributed by atoms with van der Waals surface area (Å²) in [5.74, 6) is -0.403. The molecule has 0 fully saturated rings. The average Bonchev–Trinajstić information content (AvgIpc) is 2.44. The van der Waals surface area contributed by atoms with E-state index in [9.17, 15) is 9.59 Å². The molecular formula is C14H21N3O2. The SMILES string of the molecule is CCCNC(=O)c1cncc(C(=O)NC(C)CC)c1. The van der Waals surface area contributed by atoms with Crippen LogP contribution >= 0.6 is 0 Å². The van der Waals surface area contributed by atoms with Crippen LogP contribution in [0.3, 0.4) is 0 Å². The van der Waals surface area contributed by atoms with Gasteiger partial charge in [0.1, 0.15) is 0 Å². The number of carbonyl (C=O) groups excluding carboxylic acids is 2. The average molecular weight is 263 g/mol. The molecule has 5 nitrogen and oxygen atoms in total. The van der Waals surface area contributed by atoms with Crippen molar-refractivity contribution < 1.29 is 9.59 Å². The Hall–Kier alpha value is -1.91. The quantitative estimate of drug-likeness (QED) is 0.821. The molecule has 0 aliphatic heterocycles. The maximum absolute atomic E-state index is 11.9. The molecule has 2 N–H and O–H groups in total. The molecule has 0 radical (unpaired) electrons. The summed E-state index contributed by atoms with van der Waals surface area (Å²) >= 11 is 0. The van der Waals surface area contributed by atoms with Gasteiger partial charge in [-0.15, -0.1) is 0 Å². The molecule has 0 saturated carbocycles. The van der Waals surface area contributed by atoms with Crippen LogP contribution in [-0.4, -0.2) is 29.4 Å². The lowest BCUT2D eigenvalue weighted by Crippen LogP contribution is -2.32. The molecule has 0 saturated heterocycles. The van der Waals surface area contributed by atoms with E-state index in [4.69, 9.17) is 0 Å². The minimum atomic E-state index is -0.202. The second-order valence-corrected chi connectivity index (χ2v) is 4.50. The zero-order valence-corrected chi connectivity index (χ0v) is 11.7. The first-order valence-corrected chi connectivity index (χ1v) is 6.62. The molecule has 19 heavy (non-hydrogen) atoms. The normalized spacial score (nSPS) is 11.7. The van der Waals surface area contributed by atoms with E-state index in [0.717, 1.165) is 12.8 Å². The van der Waals surface area contributed by atoms with Gasteiger partial charge >= 0.3 is 0 Å². The molecule has 0 bridgehead atoms. The van der Waals surface area contributed by atoms with Crippen molar-refractivity contribution in [3.8, 4) is 0 Å². The van der Waals surface area contributed by atoms with Crippen LogP contribution in [0.4, 0.5) is 0 Å². The van der Waals surface area contributed by atoms with Crippen molar-refractivity contribution in [1.29, 1.82) is 0 Å². The van der Waals surface area contributed by atoms with Crippen molar-refractivity contribution in [3.05, 3.63) is 29.6 Å². The zero-order valence-electron chi connectivity index (χ0n) is 11.7. The highest BCUT2D eigenvalue weighted by Crippen LogP contribution is 2.04. The van der Waals surface area contributed by atoms with E-state index in [-0.39, 0.29) is 17.9 Å². The van der Waals surface area contributed by atoms with E-state index in [1.807, 2.05) is 20.8 Å². The molecular weight excluding hydrogens is 242 g/mol. The van der Waals surface area contributed by atoms with E-state index in [2.05, 4.69) is 15.6 Å². The summed E-state index contributed by atoms with van der Waals surface area (Å²) < 4.78 is 0. The highest BCUT2D eigenvalue weighted by Gasteiger charge is 2.12. The first-order chi connectivity index (χ1) is 9.08. The van der Waals surface area contributed by atoms with Gasteiger partial charge in [-0.1, -0.05) is 13.8 Å². The standard InChI is InChI=1S/C14H21N3O2/c1-4-6-16-13(18)11-7-12(9-15-8-11)14(19)17-10(3)5-2/h7-10H,4-6H2,1-3H3,(H,16,18)(H,17,19). The predicted octanol–water partition coefficient (Wildman–Crippen LogP) is 1.75. The first kappa shape index (κ1) is 15.1. The van der Waals surface area contributed by atoms with Crippen LogP contribution in [0, 0.1) is 0 Å². The summed E-state index contributed by atoms with van der Waals surface area (Å²) in [5, 5.41) is 5.60. The number of nitrogens with one attached hydrogen (secondary N) is 2. The third kappa shape index (κ3) is 4.69. The van der Waals surface area contributed by atoms with E-state index in [1.54, 1.807) is 6.07 Å². The predicted molar refractivity (Wildman–Crippen MR) is 74.1 cm³/mol. The van der Waals surface area contributed by atoms with Gasteiger partial charge in [0, 0.05) is 25.0 Å². The third-order valence-electron chi connectivity index (χ3n) is 2.79. The van der Waals surface area contributed by atoms with Crippen LogP contribution in [0.1, 0.15) is 54.3 Å². The maximum atomic E-state index is 11.9. The molecule has 1 atom stereocenters. The molecule has 5 heteroatoms. The lowest BCUT2D eigenvalue weighted by Gasteiger charge is -2.11. The van der Waals surface area contributed by atoms with Crippen molar-refractivity contribution in [2.75, 3.05) is 6.54 Å². The maximum Gasteiger partial charge on any atom is 0.253 e. The summed E-state index contributed by atoms with van der Waals surface area (Å²) in [6.07, 6.45) is 4.66. The van der Waals surface area contributed by atoms with E-state index in [0.29, 0.717) is 17.7 Å². The highest BCUT2D eigenvalue weighted by atomic mass is 16.2. The van der Waals surface area contributed by atoms with Crippen molar-refractivity contribution in [3.63, 3.8) is 0 Å². The van der Waals surface area contributed by atoms with Crippen LogP contribution < -0.4 is 10.6 Å². The van der Waals surface area contributed by atoms with Crippen LogP contribution in [0.25, 0.3) is 0 Å². The van der Waals surface area contributed by atoms with E-state index >= 15 is 0 Å². The molecule has 1 unspecified atom stereocenters. The van der Waals surface area contributed by atoms with Gasteiger partial charge in [0.25, 0.3) is 11.8 Å². The highest BCUT2D eigenvalue weighted by molar-refractivity contribution is 5.99. The monoisotopic (exact) mass is 263 g/mol. The fraction of sp³-hybridized carbons (Fsp3) is 0.500. The molecule has 104 valence electrons. The van der Waals surface area contributed by atoms with Gasteiger partial charge in [0.05, 0.1) is 11.1 Å². The number of amides is 2. The van der Waals surface area contributed by atoms with Crippen molar-refractivity contribution >= 4 is 11.8 Å². The molecule has 0 aromatic carbocycles. The van der Waals surface area contributed by atoms with Gasteiger partial charge in [-0.2, -0.15) is 0 Å². The molecule has 1 aromatic heterocycles. The Morgan fingerprint density at radius 2 is 1.84 bits per heavy atom. The van der Waals surface area contributed by atoms with Gasteiger partial charge in [0.2, 0.25) is 0 Å². The Balaban J connectivity index is 2.76. The Morgan fingerprint density at radius 3 is 2.42 bits per heavy atom. The smallest absolute Gasteiger partial charge is 0.253 e. The number of aromatic nitrogens is 1. The number of hydrogen-bond donors (Lipinski definition) is 2. The minimum absolute atomic E-state index is 0.102. The van der Waals surface area contributed by atoms with Crippen molar-refractivity contribution in [2.45, 2.75) is 39.7 Å². The van der Waals surface area contributed by atoms with E-state index in [1.165, 1.54) is 12.4 Å². The summed E-state index contributed by atoms with van der Waals surface area (Å²) in [4.78, 5) is 27.6. The summed E-state index contributed by atoms with van der Waals surface area (Å²) in [5.41, 5.74) is 0.815. The summed E-state index contributed by atoms with van der Waals surface area (Å²) in [6, 6.07) is 1.67. The molecule has 1 aromatic rings. The Bertz CT molecular complexity index is 446. The van der Waals surface area contributed by atoms with Gasteiger partial charge in [-0.3, -0.25) is 14.6 Å². The lowest BCUT2D eigenvalue weighted by atomic mass is 10.1. The summed E-state index contributed by atoms with van der Waals surface area (Å²) in [6.45, 7) is 6.53. The summed E-state index contributed by atoms with van der Waals surface area (Å²) in [7, 11) is 0. The Morgan fingerprint density at radius 1 is 1.21 bits per heavy atom. The molecule has 1 heterocycles. The zero-order chi connectivity index (χ0) is 14.3. The molecule has 2 amide bonds. The van der Waals surface area contributed by atoms with Gasteiger partial charge < -0.3 is 10.6 Å². The fourth-order valence-corrected chi connectivity index (χ4v) is 1.44. The van der Waals surface area contributed by atoms with Gasteiger partial charge in [-0.05, 0) is 25.8 Å². The fourth-order valence-electron chi connectivity index (χ4n) is 1.44. The van der Waals surface area contributed by atoms with Crippen LogP contribution in [0.2, 0.25) is 0 Å². The largest absolute Gasteiger partial charge is 0.352 e. The van der Waals surface area contributed by atoms with Crippen molar-refractivity contribution in [1.82, 2.24) is 15.6 Å². The number of rotatable bonds is 6. The topological polar surface area (TPSA) is 71.1 Å². The lowest BCUT2D eigenvalue weighted by molar-refractivity contribution is 0.0939. The molecule has 1 rings (SSSR count). The van der Waals surface area contributed by atoms with Crippen LogP contribution in [0.15, 0.2) is 18.5 Å². The second kappa shape index (κ2) is 7.51. The number of nitrogens with zero attached hydrogens (tertiary/aromatic N) is 1.